The lowest BCUT2D eigenvalue weighted by Gasteiger charge is -1.94. The van der Waals surface area contributed by atoms with Crippen molar-refractivity contribution in [2.45, 2.75) is 6.42 Å². The van der Waals surface area contributed by atoms with Crippen LogP contribution in [0.15, 0.2) is 18.6 Å². The second kappa shape index (κ2) is 2.85. The number of carbonyl (C=O) groups is 1. The number of carboxylic acid groups (broad SMARTS) is 1. The maximum absolute atomic E-state index is 10.4. The van der Waals surface area contributed by atoms with Crippen LogP contribution in [-0.2, 0) is 11.2 Å². The molecule has 0 fully saturated rings. The van der Waals surface area contributed by atoms with Gasteiger partial charge in [-0.05, 0) is 6.07 Å². The molecule has 66 valence electrons. The number of pyridine rings is 1. The van der Waals surface area contributed by atoms with E-state index in [1.54, 1.807) is 18.6 Å². The van der Waals surface area contributed by atoms with E-state index in [1.165, 1.54) is 0 Å². The van der Waals surface area contributed by atoms with Crippen LogP contribution in [0.3, 0.4) is 0 Å². The maximum Gasteiger partial charge on any atom is 0.309 e. The molecule has 2 aromatic rings. The molecule has 0 aromatic carbocycles. The minimum absolute atomic E-state index is 0.0667. The molecule has 5 heteroatoms. The Morgan fingerprint density at radius 3 is 3.15 bits per heavy atom. The fraction of sp³-hybridized carbons (Fsp3) is 0.125. The van der Waals surface area contributed by atoms with Gasteiger partial charge in [0.1, 0.15) is 0 Å². The molecule has 0 radical (unpaired) electrons. The van der Waals surface area contributed by atoms with Gasteiger partial charge in [-0.1, -0.05) is 0 Å². The Morgan fingerprint density at radius 1 is 1.54 bits per heavy atom. The molecule has 2 N–H and O–H groups in total. The molecule has 0 amide bonds. The van der Waals surface area contributed by atoms with Gasteiger partial charge in [0.05, 0.1) is 35.7 Å². The van der Waals surface area contributed by atoms with Gasteiger partial charge in [0.25, 0.3) is 0 Å². The molecule has 2 rings (SSSR count). The molecule has 0 unspecified atom stereocenters. The van der Waals surface area contributed by atoms with E-state index in [-0.39, 0.29) is 6.42 Å². The van der Waals surface area contributed by atoms with Crippen LogP contribution < -0.4 is 0 Å². The van der Waals surface area contributed by atoms with Crippen LogP contribution >= 0.6 is 0 Å². The molecule has 5 nitrogen and oxygen atoms in total. The lowest BCUT2D eigenvalue weighted by atomic mass is 10.2. The second-order valence-electron chi connectivity index (χ2n) is 2.67. The smallest absolute Gasteiger partial charge is 0.309 e. The summed E-state index contributed by atoms with van der Waals surface area (Å²) in [6, 6.07) is 1.67. The van der Waals surface area contributed by atoms with Crippen LogP contribution in [0.2, 0.25) is 0 Å². The lowest BCUT2D eigenvalue weighted by Crippen LogP contribution is -2.01. The van der Waals surface area contributed by atoms with Crippen molar-refractivity contribution in [3.05, 3.63) is 24.3 Å². The zero-order valence-electron chi connectivity index (χ0n) is 6.69. The van der Waals surface area contributed by atoms with Gasteiger partial charge < -0.3 is 10.1 Å². The minimum Gasteiger partial charge on any atom is -0.481 e. The van der Waals surface area contributed by atoms with E-state index in [9.17, 15) is 4.79 Å². The highest BCUT2D eigenvalue weighted by atomic mass is 16.4. The zero-order chi connectivity index (χ0) is 9.26. The quantitative estimate of drug-likeness (QED) is 0.703. The molecule has 13 heavy (non-hydrogen) atoms. The highest BCUT2D eigenvalue weighted by Crippen LogP contribution is 2.08. The van der Waals surface area contributed by atoms with E-state index in [1.807, 2.05) is 0 Å². The van der Waals surface area contributed by atoms with Crippen LogP contribution in [0.5, 0.6) is 0 Å². The van der Waals surface area contributed by atoms with Crippen molar-refractivity contribution >= 4 is 17.0 Å². The predicted octanol–water partition coefficient (Wildman–Crippen LogP) is 0.585. The zero-order valence-corrected chi connectivity index (χ0v) is 6.69. The summed E-state index contributed by atoms with van der Waals surface area (Å²) in [6.07, 6.45) is 3.07. The lowest BCUT2D eigenvalue weighted by molar-refractivity contribution is -0.136. The molecule has 0 bridgehead atoms. The van der Waals surface area contributed by atoms with Gasteiger partial charge in [-0.15, -0.1) is 0 Å². The average molecular weight is 177 g/mol. The highest BCUT2D eigenvalue weighted by Gasteiger charge is 2.03. The van der Waals surface area contributed by atoms with Gasteiger partial charge >= 0.3 is 5.97 Å². The third-order valence-corrected chi connectivity index (χ3v) is 1.69. The Hall–Kier alpha value is -1.91. The van der Waals surface area contributed by atoms with Crippen LogP contribution in [0.25, 0.3) is 11.0 Å². The molecule has 0 atom stereocenters. The predicted molar refractivity (Wildman–Crippen MR) is 45.2 cm³/mol. The van der Waals surface area contributed by atoms with Crippen molar-refractivity contribution in [3.63, 3.8) is 0 Å². The highest BCUT2D eigenvalue weighted by molar-refractivity contribution is 5.76. The van der Waals surface area contributed by atoms with Crippen LogP contribution in [0, 0.1) is 0 Å². The number of hydrogen-bond donors (Lipinski definition) is 2. The molecule has 0 spiro atoms. The Morgan fingerprint density at radius 2 is 2.38 bits per heavy atom. The van der Waals surface area contributed by atoms with Gasteiger partial charge in [-0.3, -0.25) is 9.78 Å². The van der Waals surface area contributed by atoms with E-state index < -0.39 is 5.97 Å². The van der Waals surface area contributed by atoms with Crippen LogP contribution in [-0.4, -0.2) is 26.0 Å². The molecule has 2 aromatic heterocycles. The standard InChI is InChI=1S/C8H7N3O2/c12-8(13)2-5-1-6-7(3-9-5)11-4-10-6/h1,3-4H,2H2,(H,10,11)(H,12,13). The Labute approximate surface area is 73.4 Å². The van der Waals surface area contributed by atoms with E-state index in [0.717, 1.165) is 11.0 Å². The summed E-state index contributed by atoms with van der Waals surface area (Å²) in [5, 5.41) is 8.52. The first-order valence-corrected chi connectivity index (χ1v) is 3.75. The first-order valence-electron chi connectivity index (χ1n) is 3.75. The summed E-state index contributed by atoms with van der Waals surface area (Å²) in [4.78, 5) is 21.2. The number of aromatic nitrogens is 3. The number of imidazole rings is 1. The number of carboxylic acids is 1. The number of nitrogens with zero attached hydrogens (tertiary/aromatic N) is 2. The first-order chi connectivity index (χ1) is 6.25. The Kier molecular flexibility index (Phi) is 1.70. The SMILES string of the molecule is O=C(O)Cc1cc2nc[nH]c2cn1. The number of aromatic amines is 1. The van der Waals surface area contributed by atoms with Crippen molar-refractivity contribution in [1.29, 1.82) is 0 Å². The van der Waals surface area contributed by atoms with Gasteiger partial charge in [-0.2, -0.15) is 0 Å². The molecule has 0 aliphatic heterocycles. The topological polar surface area (TPSA) is 78.9 Å². The van der Waals surface area contributed by atoms with E-state index in [4.69, 9.17) is 5.11 Å². The van der Waals surface area contributed by atoms with E-state index >= 15 is 0 Å². The van der Waals surface area contributed by atoms with E-state index in [0.29, 0.717) is 5.69 Å². The molecular formula is C8H7N3O2. The first kappa shape index (κ1) is 7.72. The molecule has 0 aliphatic carbocycles. The van der Waals surface area contributed by atoms with Crippen LogP contribution in [0.1, 0.15) is 5.69 Å². The number of H-pyrrole nitrogens is 1. The fourth-order valence-electron chi connectivity index (χ4n) is 1.13. The number of nitrogens with one attached hydrogen (secondary N) is 1. The molecule has 0 saturated carbocycles. The Balaban J connectivity index is 2.42. The monoisotopic (exact) mass is 177 g/mol. The summed E-state index contributed by atoms with van der Waals surface area (Å²) >= 11 is 0. The number of fused-ring (bicyclic) bond motifs is 1. The van der Waals surface area contributed by atoms with Gasteiger partial charge in [0.2, 0.25) is 0 Å². The summed E-state index contributed by atoms with van der Waals surface area (Å²) < 4.78 is 0. The third-order valence-electron chi connectivity index (χ3n) is 1.69. The molecular weight excluding hydrogens is 170 g/mol. The van der Waals surface area contributed by atoms with Crippen molar-refractivity contribution < 1.29 is 9.90 Å². The normalized spacial score (nSPS) is 10.5. The maximum atomic E-state index is 10.4. The summed E-state index contributed by atoms with van der Waals surface area (Å²) in [5.74, 6) is -0.887. The summed E-state index contributed by atoms with van der Waals surface area (Å²) in [5.41, 5.74) is 2.08. The van der Waals surface area contributed by atoms with Crippen LogP contribution in [0.4, 0.5) is 0 Å². The van der Waals surface area contributed by atoms with Crippen molar-refractivity contribution in [3.8, 4) is 0 Å². The van der Waals surface area contributed by atoms with Crippen molar-refractivity contribution in [1.82, 2.24) is 15.0 Å². The second-order valence-corrected chi connectivity index (χ2v) is 2.67. The largest absolute Gasteiger partial charge is 0.481 e. The van der Waals surface area contributed by atoms with E-state index in [2.05, 4.69) is 15.0 Å². The third kappa shape index (κ3) is 1.48. The fourth-order valence-corrected chi connectivity index (χ4v) is 1.13. The Bertz CT molecular complexity index is 449. The average Bonchev–Trinajstić information content (AvgIpc) is 2.49. The number of hydrogen-bond acceptors (Lipinski definition) is 3. The summed E-state index contributed by atoms with van der Waals surface area (Å²) in [6.45, 7) is 0. The van der Waals surface area contributed by atoms with Gasteiger partial charge in [0, 0.05) is 0 Å². The van der Waals surface area contributed by atoms with Gasteiger partial charge in [0.15, 0.2) is 0 Å². The van der Waals surface area contributed by atoms with Gasteiger partial charge in [-0.25, -0.2) is 4.98 Å². The van der Waals surface area contributed by atoms with Crippen molar-refractivity contribution in [2.24, 2.45) is 0 Å². The molecule has 0 saturated heterocycles. The summed E-state index contributed by atoms with van der Waals surface area (Å²) in [7, 11) is 0. The number of aliphatic carboxylic acids is 1. The number of rotatable bonds is 2. The molecule has 0 aliphatic rings. The minimum atomic E-state index is -0.887. The molecule has 2 heterocycles. The van der Waals surface area contributed by atoms with Crippen molar-refractivity contribution in [2.75, 3.05) is 0 Å².